The van der Waals surface area contributed by atoms with Gasteiger partial charge in [-0.15, -0.1) is 0 Å². The first-order valence-corrected chi connectivity index (χ1v) is 7.19. The molecule has 1 rings (SSSR count). The Hall–Kier alpha value is -0.850. The van der Waals surface area contributed by atoms with Gasteiger partial charge < -0.3 is 25.2 Å². The fourth-order valence-corrected chi connectivity index (χ4v) is 1.86. The van der Waals surface area contributed by atoms with Crippen molar-refractivity contribution in [3.05, 3.63) is 0 Å². The average Bonchev–Trinajstić information content (AvgIpc) is 2.93. The quantitative estimate of drug-likeness (QED) is 0.316. The first-order chi connectivity index (χ1) is 9.36. The van der Waals surface area contributed by atoms with Crippen LogP contribution in [-0.4, -0.2) is 63.2 Å². The van der Waals surface area contributed by atoms with Crippen molar-refractivity contribution in [2.75, 3.05) is 46.1 Å². The average molecular weight is 273 g/mol. The number of ether oxygens (including phenoxy) is 2. The number of hydrogen-bond donors (Lipinski definition) is 3. The van der Waals surface area contributed by atoms with Gasteiger partial charge in [-0.2, -0.15) is 0 Å². The summed E-state index contributed by atoms with van der Waals surface area (Å²) in [6, 6.07) is 0. The summed E-state index contributed by atoms with van der Waals surface area (Å²) in [5.74, 6) is 0.746. The van der Waals surface area contributed by atoms with E-state index in [2.05, 4.69) is 15.6 Å². The highest BCUT2D eigenvalue weighted by Crippen LogP contribution is 2.11. The second-order valence-electron chi connectivity index (χ2n) is 4.47. The Morgan fingerprint density at radius 2 is 2.37 bits per heavy atom. The van der Waals surface area contributed by atoms with Crippen LogP contribution in [0.15, 0.2) is 4.99 Å². The molecule has 0 aromatic rings. The molecule has 6 nitrogen and oxygen atoms in total. The predicted octanol–water partition coefficient (Wildman–Crippen LogP) is 0.120. The molecule has 19 heavy (non-hydrogen) atoms. The van der Waals surface area contributed by atoms with E-state index in [9.17, 15) is 0 Å². The van der Waals surface area contributed by atoms with Crippen LogP contribution in [0.2, 0.25) is 0 Å². The van der Waals surface area contributed by atoms with Gasteiger partial charge in [0.1, 0.15) is 0 Å². The van der Waals surface area contributed by atoms with Crippen LogP contribution in [0.4, 0.5) is 0 Å². The van der Waals surface area contributed by atoms with Gasteiger partial charge >= 0.3 is 0 Å². The third-order valence-electron chi connectivity index (χ3n) is 2.79. The molecular weight excluding hydrogens is 246 g/mol. The van der Waals surface area contributed by atoms with Crippen molar-refractivity contribution >= 4 is 5.96 Å². The molecule has 0 aromatic heterocycles. The van der Waals surface area contributed by atoms with Crippen molar-refractivity contribution in [1.82, 2.24) is 10.6 Å². The molecule has 1 saturated heterocycles. The Morgan fingerprint density at radius 1 is 1.47 bits per heavy atom. The summed E-state index contributed by atoms with van der Waals surface area (Å²) in [5, 5.41) is 14.9. The lowest BCUT2D eigenvalue weighted by atomic mass is 10.2. The molecule has 1 fully saturated rings. The van der Waals surface area contributed by atoms with Crippen LogP contribution in [-0.2, 0) is 9.47 Å². The molecule has 0 aliphatic carbocycles. The molecule has 0 radical (unpaired) electrons. The SMILES string of the molecule is CCNC(=NCCCOCC1CCCO1)NCCO. The summed E-state index contributed by atoms with van der Waals surface area (Å²) in [6.45, 7) is 6.45. The van der Waals surface area contributed by atoms with Gasteiger partial charge in [0.25, 0.3) is 0 Å². The lowest BCUT2D eigenvalue weighted by Gasteiger charge is -2.11. The Bertz CT molecular complexity index is 243. The van der Waals surface area contributed by atoms with Gasteiger partial charge in [-0.3, -0.25) is 4.99 Å². The molecule has 1 unspecified atom stereocenters. The van der Waals surface area contributed by atoms with Crippen LogP contribution < -0.4 is 10.6 Å². The predicted molar refractivity (Wildman–Crippen MR) is 75.5 cm³/mol. The molecular formula is C13H27N3O3. The molecule has 112 valence electrons. The fourth-order valence-electron chi connectivity index (χ4n) is 1.86. The zero-order chi connectivity index (χ0) is 13.8. The zero-order valence-corrected chi connectivity index (χ0v) is 11.9. The van der Waals surface area contributed by atoms with Gasteiger partial charge in [0, 0.05) is 32.8 Å². The molecule has 1 heterocycles. The van der Waals surface area contributed by atoms with Gasteiger partial charge in [0.05, 0.1) is 19.3 Å². The minimum Gasteiger partial charge on any atom is -0.395 e. The van der Waals surface area contributed by atoms with E-state index in [4.69, 9.17) is 14.6 Å². The lowest BCUT2D eigenvalue weighted by Crippen LogP contribution is -2.38. The van der Waals surface area contributed by atoms with Crippen molar-refractivity contribution in [3.63, 3.8) is 0 Å². The number of hydrogen-bond acceptors (Lipinski definition) is 4. The first kappa shape index (κ1) is 16.2. The summed E-state index contributed by atoms with van der Waals surface area (Å²) < 4.78 is 11.0. The Balaban J connectivity index is 2.02. The minimum absolute atomic E-state index is 0.106. The van der Waals surface area contributed by atoms with Crippen LogP contribution in [0.1, 0.15) is 26.2 Å². The molecule has 0 spiro atoms. The summed E-state index contributed by atoms with van der Waals surface area (Å²) in [4.78, 5) is 4.39. The smallest absolute Gasteiger partial charge is 0.191 e. The van der Waals surface area contributed by atoms with E-state index >= 15 is 0 Å². The number of rotatable bonds is 9. The highest BCUT2D eigenvalue weighted by molar-refractivity contribution is 5.79. The number of nitrogens with one attached hydrogen (secondary N) is 2. The Labute approximate surface area is 115 Å². The van der Waals surface area contributed by atoms with Gasteiger partial charge in [-0.25, -0.2) is 0 Å². The molecule has 0 amide bonds. The number of aliphatic imine (C=N–C) groups is 1. The molecule has 6 heteroatoms. The standard InChI is InChI=1S/C13H27N3O3/c1-2-14-13(16-7-8-17)15-6-4-9-18-11-12-5-3-10-19-12/h12,17H,2-11H2,1H3,(H2,14,15,16). The molecule has 1 aliphatic heterocycles. The Morgan fingerprint density at radius 3 is 3.05 bits per heavy atom. The first-order valence-electron chi connectivity index (χ1n) is 7.19. The maximum atomic E-state index is 8.75. The van der Waals surface area contributed by atoms with Crippen LogP contribution >= 0.6 is 0 Å². The second kappa shape index (κ2) is 11.0. The second-order valence-corrected chi connectivity index (χ2v) is 4.47. The Kier molecular flexibility index (Phi) is 9.40. The van der Waals surface area contributed by atoms with E-state index in [1.807, 2.05) is 6.92 Å². The molecule has 3 N–H and O–H groups in total. The van der Waals surface area contributed by atoms with E-state index in [1.54, 1.807) is 0 Å². The largest absolute Gasteiger partial charge is 0.395 e. The third-order valence-corrected chi connectivity index (χ3v) is 2.79. The van der Waals surface area contributed by atoms with Crippen molar-refractivity contribution in [3.8, 4) is 0 Å². The van der Waals surface area contributed by atoms with E-state index in [-0.39, 0.29) is 6.61 Å². The number of nitrogens with zero attached hydrogens (tertiary/aromatic N) is 1. The van der Waals surface area contributed by atoms with E-state index in [1.165, 1.54) is 0 Å². The van der Waals surface area contributed by atoms with Crippen molar-refractivity contribution < 1.29 is 14.6 Å². The van der Waals surface area contributed by atoms with Gasteiger partial charge in [0.15, 0.2) is 5.96 Å². The van der Waals surface area contributed by atoms with Crippen LogP contribution in [0, 0.1) is 0 Å². The normalized spacial score (nSPS) is 19.7. The highest BCUT2D eigenvalue weighted by Gasteiger charge is 2.14. The fraction of sp³-hybridized carbons (Fsp3) is 0.923. The molecule has 1 aliphatic rings. The summed E-state index contributed by atoms with van der Waals surface area (Å²) in [5.41, 5.74) is 0. The van der Waals surface area contributed by atoms with Crippen LogP contribution in [0.5, 0.6) is 0 Å². The lowest BCUT2D eigenvalue weighted by molar-refractivity contribution is 0.0171. The number of aliphatic hydroxyl groups is 1. The zero-order valence-electron chi connectivity index (χ0n) is 11.9. The minimum atomic E-state index is 0.106. The number of guanidine groups is 1. The number of aliphatic hydroxyl groups excluding tert-OH is 1. The summed E-state index contributed by atoms with van der Waals surface area (Å²) in [6.07, 6.45) is 3.46. The van der Waals surface area contributed by atoms with E-state index in [0.29, 0.717) is 32.4 Å². The van der Waals surface area contributed by atoms with E-state index in [0.717, 1.165) is 38.4 Å². The van der Waals surface area contributed by atoms with Crippen molar-refractivity contribution in [1.29, 1.82) is 0 Å². The maximum absolute atomic E-state index is 8.75. The van der Waals surface area contributed by atoms with Crippen molar-refractivity contribution in [2.45, 2.75) is 32.3 Å². The molecule has 1 atom stereocenters. The molecule has 0 bridgehead atoms. The summed E-state index contributed by atoms with van der Waals surface area (Å²) >= 11 is 0. The van der Waals surface area contributed by atoms with Crippen molar-refractivity contribution in [2.24, 2.45) is 4.99 Å². The summed E-state index contributed by atoms with van der Waals surface area (Å²) in [7, 11) is 0. The monoisotopic (exact) mass is 273 g/mol. The van der Waals surface area contributed by atoms with Crippen LogP contribution in [0.25, 0.3) is 0 Å². The maximum Gasteiger partial charge on any atom is 0.191 e. The molecule has 0 aromatic carbocycles. The topological polar surface area (TPSA) is 75.1 Å². The molecule has 0 saturated carbocycles. The van der Waals surface area contributed by atoms with Crippen LogP contribution in [0.3, 0.4) is 0 Å². The van der Waals surface area contributed by atoms with E-state index < -0.39 is 0 Å². The van der Waals surface area contributed by atoms with Gasteiger partial charge in [0.2, 0.25) is 0 Å². The van der Waals surface area contributed by atoms with Gasteiger partial charge in [-0.05, 0) is 26.2 Å². The third kappa shape index (κ3) is 8.02. The highest BCUT2D eigenvalue weighted by atomic mass is 16.5. The van der Waals surface area contributed by atoms with Gasteiger partial charge in [-0.1, -0.05) is 0 Å².